The van der Waals surface area contributed by atoms with Gasteiger partial charge in [-0.2, -0.15) is 0 Å². The summed E-state index contributed by atoms with van der Waals surface area (Å²) in [6.07, 6.45) is 0. The van der Waals surface area contributed by atoms with Crippen LogP contribution in [0.1, 0.15) is 5.56 Å². The quantitative estimate of drug-likeness (QED) is 0.778. The van der Waals surface area contributed by atoms with Crippen molar-refractivity contribution in [3.8, 4) is 0 Å². The molecular formula is C13H11Br2NO2S. The minimum absolute atomic E-state index is 0.236. The van der Waals surface area contributed by atoms with Crippen molar-refractivity contribution in [2.24, 2.45) is 0 Å². The second-order valence-corrected chi connectivity index (χ2v) is 7.05. The molecule has 0 radical (unpaired) electrons. The van der Waals surface area contributed by atoms with E-state index >= 15 is 0 Å². The maximum Gasteiger partial charge on any atom is 0.261 e. The first kappa shape index (κ1) is 14.6. The molecule has 0 fully saturated rings. The van der Waals surface area contributed by atoms with Crippen LogP contribution in [-0.2, 0) is 15.4 Å². The van der Waals surface area contributed by atoms with Gasteiger partial charge in [0.25, 0.3) is 10.0 Å². The van der Waals surface area contributed by atoms with Crippen LogP contribution in [0.5, 0.6) is 0 Å². The summed E-state index contributed by atoms with van der Waals surface area (Å²) in [6, 6.07) is 13.7. The van der Waals surface area contributed by atoms with Gasteiger partial charge < -0.3 is 0 Å². The van der Waals surface area contributed by atoms with E-state index < -0.39 is 10.0 Å². The minimum atomic E-state index is -3.53. The number of halogens is 2. The fraction of sp³-hybridized carbons (Fsp3) is 0.0769. The van der Waals surface area contributed by atoms with Crippen LogP contribution in [0.2, 0.25) is 0 Å². The molecule has 0 aliphatic heterocycles. The normalized spacial score (nSPS) is 11.3. The molecule has 19 heavy (non-hydrogen) atoms. The van der Waals surface area contributed by atoms with Crippen LogP contribution in [0.4, 0.5) is 5.69 Å². The summed E-state index contributed by atoms with van der Waals surface area (Å²) in [7, 11) is -3.53. The Bertz CT molecular complexity index is 652. The van der Waals surface area contributed by atoms with E-state index in [2.05, 4.69) is 36.6 Å². The van der Waals surface area contributed by atoms with Gasteiger partial charge in [-0.05, 0) is 42.0 Å². The molecule has 0 unspecified atom stereocenters. The monoisotopic (exact) mass is 403 g/mol. The van der Waals surface area contributed by atoms with E-state index in [-0.39, 0.29) is 4.90 Å². The summed E-state index contributed by atoms with van der Waals surface area (Å²) in [5, 5.41) is 0.743. The lowest BCUT2D eigenvalue weighted by molar-refractivity contribution is 0.601. The molecule has 3 nitrogen and oxygen atoms in total. The highest BCUT2D eigenvalue weighted by Crippen LogP contribution is 2.19. The van der Waals surface area contributed by atoms with Crippen LogP contribution >= 0.6 is 31.9 Å². The first-order chi connectivity index (χ1) is 9.01. The molecule has 0 heterocycles. The standard InChI is InChI=1S/C13H11Br2NO2S/c14-9-10-1-5-12(6-2-10)16-19(17,18)13-7-3-11(15)4-8-13/h1-8,16H,9H2. The first-order valence-corrected chi connectivity index (χ1v) is 8.84. The molecule has 0 saturated heterocycles. The van der Waals surface area contributed by atoms with E-state index in [1.54, 1.807) is 36.4 Å². The van der Waals surface area contributed by atoms with E-state index in [1.165, 1.54) is 0 Å². The van der Waals surface area contributed by atoms with Gasteiger partial charge in [0.15, 0.2) is 0 Å². The maximum absolute atomic E-state index is 12.1. The molecule has 2 rings (SSSR count). The molecule has 0 aliphatic carbocycles. The zero-order valence-electron chi connectivity index (χ0n) is 9.81. The molecular weight excluding hydrogens is 394 g/mol. The van der Waals surface area contributed by atoms with E-state index in [0.717, 1.165) is 15.4 Å². The zero-order chi connectivity index (χ0) is 13.9. The molecule has 0 spiro atoms. The molecule has 100 valence electrons. The van der Waals surface area contributed by atoms with Crippen molar-refractivity contribution >= 4 is 47.6 Å². The summed E-state index contributed by atoms with van der Waals surface area (Å²) in [6.45, 7) is 0. The Labute approximate surface area is 129 Å². The number of rotatable bonds is 4. The van der Waals surface area contributed by atoms with Crippen molar-refractivity contribution in [1.82, 2.24) is 0 Å². The van der Waals surface area contributed by atoms with Crippen LogP contribution in [0, 0.1) is 0 Å². The highest BCUT2D eigenvalue weighted by atomic mass is 79.9. The summed E-state index contributed by atoms with van der Waals surface area (Å²) >= 11 is 6.62. The van der Waals surface area contributed by atoms with Crippen molar-refractivity contribution in [1.29, 1.82) is 0 Å². The van der Waals surface area contributed by atoms with Gasteiger partial charge in [0.1, 0.15) is 0 Å². The summed E-state index contributed by atoms with van der Waals surface area (Å²) in [5.41, 5.74) is 1.64. The Morgan fingerprint density at radius 2 is 1.53 bits per heavy atom. The van der Waals surface area contributed by atoms with Gasteiger partial charge in [0.05, 0.1) is 4.90 Å². The van der Waals surface area contributed by atoms with E-state index in [9.17, 15) is 8.42 Å². The molecule has 2 aromatic rings. The molecule has 0 aromatic heterocycles. The predicted octanol–water partition coefficient (Wildman–Crippen LogP) is 4.14. The van der Waals surface area contributed by atoms with Gasteiger partial charge in [-0.1, -0.05) is 44.0 Å². The Kier molecular flexibility index (Phi) is 4.65. The van der Waals surface area contributed by atoms with E-state index in [4.69, 9.17) is 0 Å². The van der Waals surface area contributed by atoms with E-state index in [1.807, 2.05) is 12.1 Å². The van der Waals surface area contributed by atoms with Gasteiger partial charge in [-0.15, -0.1) is 0 Å². The zero-order valence-corrected chi connectivity index (χ0v) is 13.8. The number of sulfonamides is 1. The van der Waals surface area contributed by atoms with Gasteiger partial charge >= 0.3 is 0 Å². The topological polar surface area (TPSA) is 46.2 Å². The van der Waals surface area contributed by atoms with Crippen LogP contribution in [0.25, 0.3) is 0 Å². The smallest absolute Gasteiger partial charge is 0.261 e. The van der Waals surface area contributed by atoms with Crippen molar-refractivity contribution < 1.29 is 8.42 Å². The van der Waals surface area contributed by atoms with Gasteiger partial charge in [-0.25, -0.2) is 8.42 Å². The molecule has 2 aromatic carbocycles. The Morgan fingerprint density at radius 3 is 2.05 bits per heavy atom. The summed E-state index contributed by atoms with van der Waals surface area (Å²) in [4.78, 5) is 0.236. The second-order valence-electron chi connectivity index (χ2n) is 3.89. The lowest BCUT2D eigenvalue weighted by atomic mass is 10.2. The average molecular weight is 405 g/mol. The van der Waals surface area contributed by atoms with Crippen molar-refractivity contribution in [2.45, 2.75) is 10.2 Å². The average Bonchev–Trinajstić information content (AvgIpc) is 2.40. The number of hydrogen-bond donors (Lipinski definition) is 1. The maximum atomic E-state index is 12.1. The summed E-state index contributed by atoms with van der Waals surface area (Å²) in [5.74, 6) is 0. The fourth-order valence-corrected chi connectivity index (χ4v) is 3.19. The second kappa shape index (κ2) is 6.07. The third-order valence-corrected chi connectivity index (χ3v) is 5.06. The number of alkyl halides is 1. The largest absolute Gasteiger partial charge is 0.280 e. The number of hydrogen-bond acceptors (Lipinski definition) is 2. The SMILES string of the molecule is O=S(=O)(Nc1ccc(CBr)cc1)c1ccc(Br)cc1. The highest BCUT2D eigenvalue weighted by Gasteiger charge is 2.13. The number of anilines is 1. The number of nitrogens with one attached hydrogen (secondary N) is 1. The third kappa shape index (κ3) is 3.81. The number of benzene rings is 2. The molecule has 0 saturated carbocycles. The van der Waals surface area contributed by atoms with Gasteiger partial charge in [0.2, 0.25) is 0 Å². The van der Waals surface area contributed by atoms with Crippen LogP contribution < -0.4 is 4.72 Å². The Balaban J connectivity index is 2.23. The van der Waals surface area contributed by atoms with Gasteiger partial charge in [0, 0.05) is 15.5 Å². The fourth-order valence-electron chi connectivity index (χ4n) is 1.49. The molecule has 6 heteroatoms. The van der Waals surface area contributed by atoms with Crippen LogP contribution in [0.3, 0.4) is 0 Å². The first-order valence-electron chi connectivity index (χ1n) is 5.44. The van der Waals surface area contributed by atoms with Crippen molar-refractivity contribution in [2.75, 3.05) is 4.72 Å². The summed E-state index contributed by atoms with van der Waals surface area (Å²) < 4.78 is 27.7. The lowest BCUT2D eigenvalue weighted by Gasteiger charge is -2.08. The van der Waals surface area contributed by atoms with Crippen LogP contribution in [-0.4, -0.2) is 8.42 Å². The minimum Gasteiger partial charge on any atom is -0.280 e. The molecule has 0 amide bonds. The predicted molar refractivity (Wildman–Crippen MR) is 84.0 cm³/mol. The van der Waals surface area contributed by atoms with Crippen LogP contribution in [0.15, 0.2) is 57.9 Å². The van der Waals surface area contributed by atoms with Crippen molar-refractivity contribution in [3.05, 3.63) is 58.6 Å². The molecule has 1 N–H and O–H groups in total. The van der Waals surface area contributed by atoms with Gasteiger partial charge in [-0.3, -0.25) is 4.72 Å². The lowest BCUT2D eigenvalue weighted by Crippen LogP contribution is -2.12. The Hall–Kier alpha value is -0.850. The third-order valence-electron chi connectivity index (χ3n) is 2.48. The molecule has 0 atom stereocenters. The highest BCUT2D eigenvalue weighted by molar-refractivity contribution is 9.10. The molecule has 0 bridgehead atoms. The van der Waals surface area contributed by atoms with Crippen molar-refractivity contribution in [3.63, 3.8) is 0 Å². The van der Waals surface area contributed by atoms with E-state index in [0.29, 0.717) is 5.69 Å². The molecule has 0 aliphatic rings. The Morgan fingerprint density at radius 1 is 0.947 bits per heavy atom.